The van der Waals surface area contributed by atoms with E-state index in [0.29, 0.717) is 25.9 Å². The number of hydrogen-bond donors (Lipinski definition) is 2. The highest BCUT2D eigenvalue weighted by Crippen LogP contribution is 2.08. The molecule has 0 spiro atoms. The first-order chi connectivity index (χ1) is 14.0. The van der Waals surface area contributed by atoms with Crippen molar-refractivity contribution in [3.05, 3.63) is 0 Å². The zero-order valence-corrected chi connectivity index (χ0v) is 20.0. The van der Waals surface area contributed by atoms with E-state index < -0.39 is 0 Å². The van der Waals surface area contributed by atoms with Crippen LogP contribution in [0.15, 0.2) is 0 Å². The van der Waals surface area contributed by atoms with Gasteiger partial charge in [-0.1, -0.05) is 72.1 Å². The van der Waals surface area contributed by atoms with Crippen molar-refractivity contribution in [3.63, 3.8) is 0 Å². The molecule has 0 aliphatic carbocycles. The van der Waals surface area contributed by atoms with Gasteiger partial charge in [0.05, 0.1) is 0 Å². The number of carbonyl (C=O) groups excluding carboxylic acids is 2. The number of amides is 2. The third kappa shape index (κ3) is 15.4. The third-order valence-corrected chi connectivity index (χ3v) is 5.70. The maximum Gasteiger partial charge on any atom is 0.220 e. The van der Waals surface area contributed by atoms with Crippen LogP contribution in [-0.2, 0) is 9.59 Å². The van der Waals surface area contributed by atoms with E-state index in [1.54, 1.807) is 0 Å². The van der Waals surface area contributed by atoms with Gasteiger partial charge in [-0.25, -0.2) is 0 Å². The first-order valence-electron chi connectivity index (χ1n) is 12.2. The minimum atomic E-state index is 0.161. The van der Waals surface area contributed by atoms with Crippen LogP contribution in [0.4, 0.5) is 0 Å². The van der Waals surface area contributed by atoms with Crippen LogP contribution in [0.25, 0.3) is 0 Å². The van der Waals surface area contributed by atoms with Gasteiger partial charge < -0.3 is 10.6 Å². The number of unbranched alkanes of at least 4 members (excludes halogenated alkanes) is 8. The molecule has 0 rings (SSSR count). The molecule has 0 aliphatic rings. The normalized spacial score (nSPS) is 13.3. The standard InChI is InChI=1S/C24H49N3O2/c1-6-9-11-13-15-17-23(28)25-19-21(4)27(8-3)22(5)20-26-24(29)18-16-14-12-10-7-2/h21-22H,6-20H2,1-5H3,(H,25,28)(H,26,29). The predicted octanol–water partition coefficient (Wildman–Crippen LogP) is 5.04. The van der Waals surface area contributed by atoms with Crippen molar-refractivity contribution in [1.82, 2.24) is 15.5 Å². The monoisotopic (exact) mass is 411 g/mol. The molecule has 0 aromatic heterocycles. The van der Waals surface area contributed by atoms with E-state index in [-0.39, 0.29) is 23.9 Å². The van der Waals surface area contributed by atoms with E-state index in [1.807, 2.05) is 0 Å². The van der Waals surface area contributed by atoms with Crippen LogP contribution in [-0.4, -0.2) is 48.4 Å². The van der Waals surface area contributed by atoms with Crippen molar-refractivity contribution < 1.29 is 9.59 Å². The topological polar surface area (TPSA) is 61.4 Å². The van der Waals surface area contributed by atoms with E-state index >= 15 is 0 Å². The van der Waals surface area contributed by atoms with Gasteiger partial charge in [0, 0.05) is 38.0 Å². The molecule has 0 aromatic rings. The number of carbonyl (C=O) groups is 2. The summed E-state index contributed by atoms with van der Waals surface area (Å²) in [6.07, 6.45) is 13.0. The quantitative estimate of drug-likeness (QED) is 0.293. The summed E-state index contributed by atoms with van der Waals surface area (Å²) in [6, 6.07) is 0.509. The van der Waals surface area contributed by atoms with E-state index in [0.717, 1.165) is 32.2 Å². The lowest BCUT2D eigenvalue weighted by Gasteiger charge is -2.34. The van der Waals surface area contributed by atoms with Crippen molar-refractivity contribution in [2.45, 2.75) is 124 Å². The molecule has 0 aliphatic heterocycles. The van der Waals surface area contributed by atoms with Gasteiger partial charge in [-0.05, 0) is 33.2 Å². The fourth-order valence-corrected chi connectivity index (χ4v) is 3.77. The summed E-state index contributed by atoms with van der Waals surface area (Å²) in [7, 11) is 0. The second-order valence-corrected chi connectivity index (χ2v) is 8.47. The lowest BCUT2D eigenvalue weighted by atomic mass is 10.1. The zero-order chi connectivity index (χ0) is 21.9. The van der Waals surface area contributed by atoms with Gasteiger partial charge in [0.2, 0.25) is 11.8 Å². The summed E-state index contributed by atoms with van der Waals surface area (Å²) in [5.74, 6) is 0.321. The molecule has 0 fully saturated rings. The molecular formula is C24H49N3O2. The van der Waals surface area contributed by atoms with Crippen molar-refractivity contribution in [2.24, 2.45) is 0 Å². The second kappa shape index (κ2) is 18.9. The molecule has 2 unspecified atom stereocenters. The van der Waals surface area contributed by atoms with Crippen LogP contribution in [0, 0.1) is 0 Å². The Balaban J connectivity index is 4.04. The number of nitrogens with one attached hydrogen (secondary N) is 2. The van der Waals surface area contributed by atoms with Gasteiger partial charge in [-0.3, -0.25) is 14.5 Å². The molecule has 0 bridgehead atoms. The van der Waals surface area contributed by atoms with E-state index in [2.05, 4.69) is 50.2 Å². The van der Waals surface area contributed by atoms with Crippen LogP contribution in [0.3, 0.4) is 0 Å². The molecule has 5 heteroatoms. The maximum atomic E-state index is 12.1. The number of hydrogen-bond acceptors (Lipinski definition) is 3. The molecule has 172 valence electrons. The molecule has 5 nitrogen and oxygen atoms in total. The largest absolute Gasteiger partial charge is 0.355 e. The Bertz CT molecular complexity index is 379. The molecule has 2 atom stereocenters. The Hall–Kier alpha value is -1.10. The molecule has 2 amide bonds. The maximum absolute atomic E-state index is 12.1. The number of rotatable bonds is 19. The highest BCUT2D eigenvalue weighted by Gasteiger charge is 2.19. The van der Waals surface area contributed by atoms with Gasteiger partial charge in [-0.2, -0.15) is 0 Å². The van der Waals surface area contributed by atoms with Crippen LogP contribution >= 0.6 is 0 Å². The Morgan fingerprint density at radius 2 is 1.03 bits per heavy atom. The smallest absolute Gasteiger partial charge is 0.220 e. The van der Waals surface area contributed by atoms with E-state index in [4.69, 9.17) is 0 Å². The Morgan fingerprint density at radius 3 is 1.38 bits per heavy atom. The SMILES string of the molecule is CCCCCCCC(=O)NCC(C)N(CC)C(C)CNC(=O)CCCCCCC. The molecule has 2 N–H and O–H groups in total. The summed E-state index contributed by atoms with van der Waals surface area (Å²) in [5.41, 5.74) is 0. The van der Waals surface area contributed by atoms with E-state index in [1.165, 1.54) is 38.5 Å². The molecule has 0 radical (unpaired) electrons. The number of nitrogens with zero attached hydrogens (tertiary/aromatic N) is 1. The van der Waals surface area contributed by atoms with Crippen molar-refractivity contribution >= 4 is 11.8 Å². The van der Waals surface area contributed by atoms with Crippen LogP contribution in [0.5, 0.6) is 0 Å². The third-order valence-electron chi connectivity index (χ3n) is 5.70. The zero-order valence-electron chi connectivity index (χ0n) is 20.0. The second-order valence-electron chi connectivity index (χ2n) is 8.47. The Kier molecular flexibility index (Phi) is 18.2. The average Bonchev–Trinajstić information content (AvgIpc) is 2.71. The Morgan fingerprint density at radius 1 is 0.655 bits per heavy atom. The van der Waals surface area contributed by atoms with Crippen molar-refractivity contribution in [1.29, 1.82) is 0 Å². The highest BCUT2D eigenvalue weighted by molar-refractivity contribution is 5.76. The number of likely N-dealkylation sites (N-methyl/N-ethyl adjacent to an activating group) is 1. The average molecular weight is 412 g/mol. The molecule has 0 saturated carbocycles. The van der Waals surface area contributed by atoms with Crippen molar-refractivity contribution in [3.8, 4) is 0 Å². The summed E-state index contributed by atoms with van der Waals surface area (Å²) >= 11 is 0. The van der Waals surface area contributed by atoms with Crippen LogP contribution < -0.4 is 10.6 Å². The first kappa shape index (κ1) is 27.9. The molecule has 0 aromatic carbocycles. The van der Waals surface area contributed by atoms with Crippen LogP contribution in [0.2, 0.25) is 0 Å². The summed E-state index contributed by atoms with van der Waals surface area (Å²) < 4.78 is 0. The molecule has 0 heterocycles. The first-order valence-corrected chi connectivity index (χ1v) is 12.2. The Labute approximate surface area is 180 Å². The lowest BCUT2D eigenvalue weighted by Crippen LogP contribution is -2.50. The molecule has 29 heavy (non-hydrogen) atoms. The summed E-state index contributed by atoms with van der Waals surface area (Å²) in [5, 5.41) is 6.17. The van der Waals surface area contributed by atoms with Gasteiger partial charge in [0.25, 0.3) is 0 Å². The van der Waals surface area contributed by atoms with E-state index in [9.17, 15) is 9.59 Å². The summed E-state index contributed by atoms with van der Waals surface area (Å²) in [4.78, 5) is 26.5. The van der Waals surface area contributed by atoms with Gasteiger partial charge in [0.1, 0.15) is 0 Å². The van der Waals surface area contributed by atoms with Gasteiger partial charge >= 0.3 is 0 Å². The van der Waals surface area contributed by atoms with Crippen LogP contribution in [0.1, 0.15) is 112 Å². The summed E-state index contributed by atoms with van der Waals surface area (Å²) in [6.45, 7) is 13.1. The molecule has 0 saturated heterocycles. The van der Waals surface area contributed by atoms with Gasteiger partial charge in [-0.15, -0.1) is 0 Å². The predicted molar refractivity (Wildman–Crippen MR) is 124 cm³/mol. The minimum Gasteiger partial charge on any atom is -0.355 e. The van der Waals surface area contributed by atoms with Crippen molar-refractivity contribution in [2.75, 3.05) is 19.6 Å². The molecular weight excluding hydrogens is 362 g/mol. The lowest BCUT2D eigenvalue weighted by molar-refractivity contribution is -0.121. The highest BCUT2D eigenvalue weighted by atomic mass is 16.2. The minimum absolute atomic E-state index is 0.161. The van der Waals surface area contributed by atoms with Gasteiger partial charge in [0.15, 0.2) is 0 Å². The fraction of sp³-hybridized carbons (Fsp3) is 0.917. The fourth-order valence-electron chi connectivity index (χ4n) is 3.77.